The molecule has 5 aromatic carbocycles. The van der Waals surface area contributed by atoms with Gasteiger partial charge in [0.15, 0.2) is 6.10 Å². The van der Waals surface area contributed by atoms with Crippen molar-refractivity contribution in [2.45, 2.75) is 167 Å². The fraction of sp³-hybridized carbons (Fsp3) is 0.467. The highest BCUT2D eigenvalue weighted by Gasteiger charge is 2.57. The lowest BCUT2D eigenvalue weighted by molar-refractivity contribution is -0.280. The van der Waals surface area contributed by atoms with E-state index in [-0.39, 0.29) is 52.5 Å². The van der Waals surface area contributed by atoms with E-state index in [0.717, 1.165) is 79.2 Å². The molecule has 0 bridgehead atoms. The Balaban J connectivity index is 1.36. The van der Waals surface area contributed by atoms with Gasteiger partial charge in [-0.25, -0.2) is 4.57 Å². The SMILES string of the molecule is CCCCCCCC(=O)OC[C@@H](COP(=O)(O)OC1[C@H](OCc2ccccc2)[C@H](OCc2ccccc2)C(OCc2ccccc2)[C@H](OCc2ccccc2)[C@H]1OCc1ccccc1)OC(=O)CCCCCCC. The van der Waals surface area contributed by atoms with Gasteiger partial charge in [-0.15, -0.1) is 0 Å². The Morgan fingerprint density at radius 2 is 0.743 bits per heavy atom. The lowest BCUT2D eigenvalue weighted by atomic mass is 9.83. The first kappa shape index (κ1) is 58.2. The minimum atomic E-state index is -5.17. The highest BCUT2D eigenvalue weighted by atomic mass is 31.2. The van der Waals surface area contributed by atoms with Crippen molar-refractivity contribution < 1.29 is 61.3 Å². The van der Waals surface area contributed by atoms with Gasteiger partial charge in [-0.05, 0) is 40.7 Å². The van der Waals surface area contributed by atoms with Gasteiger partial charge in [-0.1, -0.05) is 217 Å². The van der Waals surface area contributed by atoms with E-state index in [9.17, 15) is 19.0 Å². The predicted octanol–water partition coefficient (Wildman–Crippen LogP) is 12.6. The molecular weight excluding hydrogens is 960 g/mol. The van der Waals surface area contributed by atoms with E-state index in [4.69, 9.17) is 42.2 Å². The van der Waals surface area contributed by atoms with Gasteiger partial charge >= 0.3 is 19.8 Å². The van der Waals surface area contributed by atoms with Gasteiger partial charge in [0, 0.05) is 12.8 Å². The van der Waals surface area contributed by atoms with Gasteiger partial charge in [-0.2, -0.15) is 0 Å². The van der Waals surface area contributed by atoms with Crippen LogP contribution in [-0.2, 0) is 89.4 Å². The molecule has 6 rings (SSSR count). The van der Waals surface area contributed by atoms with Crippen molar-refractivity contribution in [3.8, 4) is 0 Å². The number of phosphoric ester groups is 1. The first-order valence-corrected chi connectivity index (χ1v) is 28.0. The van der Waals surface area contributed by atoms with Crippen molar-refractivity contribution in [2.24, 2.45) is 0 Å². The number of hydrogen-bond donors (Lipinski definition) is 1. The van der Waals surface area contributed by atoms with E-state index in [1.165, 1.54) is 0 Å². The molecular formula is C60H77O13P. The monoisotopic (exact) mass is 1040 g/mol. The van der Waals surface area contributed by atoms with Gasteiger partial charge in [-0.3, -0.25) is 18.6 Å². The van der Waals surface area contributed by atoms with Gasteiger partial charge in [0.25, 0.3) is 0 Å². The van der Waals surface area contributed by atoms with Crippen molar-refractivity contribution in [3.05, 3.63) is 179 Å². The smallest absolute Gasteiger partial charge is 0.462 e. The molecule has 1 N–H and O–H groups in total. The normalized spacial score (nSPS) is 19.8. The molecule has 0 heterocycles. The van der Waals surface area contributed by atoms with Crippen LogP contribution in [0.5, 0.6) is 0 Å². The Kier molecular flexibility index (Phi) is 26.0. The summed E-state index contributed by atoms with van der Waals surface area (Å²) >= 11 is 0. The fourth-order valence-electron chi connectivity index (χ4n) is 8.75. The zero-order chi connectivity index (χ0) is 52.1. The van der Waals surface area contributed by atoms with Crippen molar-refractivity contribution in [1.82, 2.24) is 0 Å². The summed E-state index contributed by atoms with van der Waals surface area (Å²) in [5.41, 5.74) is 4.29. The summed E-state index contributed by atoms with van der Waals surface area (Å²) in [6, 6.07) is 48.2. The minimum Gasteiger partial charge on any atom is -0.462 e. The van der Waals surface area contributed by atoms with E-state index in [1.54, 1.807) is 0 Å². The molecule has 0 spiro atoms. The number of esters is 2. The first-order valence-electron chi connectivity index (χ1n) is 26.5. The average molecular weight is 1040 g/mol. The second kappa shape index (κ2) is 33.1. The van der Waals surface area contributed by atoms with E-state index in [2.05, 4.69) is 13.8 Å². The Hall–Kier alpha value is -5.05. The molecule has 1 aliphatic carbocycles. The van der Waals surface area contributed by atoms with Crippen molar-refractivity contribution in [2.75, 3.05) is 13.2 Å². The van der Waals surface area contributed by atoms with Crippen LogP contribution in [0.4, 0.5) is 0 Å². The molecule has 13 nitrogen and oxygen atoms in total. The number of ether oxygens (including phenoxy) is 7. The maximum atomic E-state index is 14.8. The van der Waals surface area contributed by atoms with Gasteiger partial charge in [0.2, 0.25) is 0 Å². The largest absolute Gasteiger partial charge is 0.472 e. The summed E-state index contributed by atoms with van der Waals surface area (Å²) in [4.78, 5) is 38.1. The standard InChI is InChI=1S/C60H77O13P/c1-3-5-7-9-26-38-53(61)65-45-52(72-54(62)39-27-10-8-6-4-2)46-71-74(63,64)73-60-58(69-43-50-34-22-14-23-35-50)56(67-41-48-30-18-12-19-31-48)55(66-40-47-28-16-11-17-29-47)57(68-42-49-32-20-13-21-33-49)59(60)70-44-51-36-24-15-25-37-51/h11-25,28-37,52,55-60H,3-10,26-27,38-46H2,1-2H3,(H,63,64)/t52-,55?,56-,57+,58+,59+,60?/m0/s1. The van der Waals surface area contributed by atoms with Crippen LogP contribution in [0, 0.1) is 0 Å². The average Bonchev–Trinajstić information content (AvgIpc) is 3.42. The molecule has 0 aromatic heterocycles. The summed E-state index contributed by atoms with van der Waals surface area (Å²) < 4.78 is 72.9. The molecule has 0 saturated heterocycles. The molecule has 3 unspecified atom stereocenters. The maximum absolute atomic E-state index is 14.8. The summed E-state index contributed by atoms with van der Waals surface area (Å²) in [5.74, 6) is -0.995. The summed E-state index contributed by atoms with van der Waals surface area (Å²) in [6.45, 7) is 3.75. The van der Waals surface area contributed by atoms with Crippen molar-refractivity contribution in [3.63, 3.8) is 0 Å². The number of phosphoric acid groups is 1. The summed E-state index contributed by atoms with van der Waals surface area (Å²) in [6.07, 6.45) is 1.76. The van der Waals surface area contributed by atoms with Gasteiger partial charge in [0.1, 0.15) is 43.2 Å². The Morgan fingerprint density at radius 1 is 0.432 bits per heavy atom. The van der Waals surface area contributed by atoms with Gasteiger partial charge < -0.3 is 38.1 Å². The second-order valence-electron chi connectivity index (χ2n) is 18.8. The van der Waals surface area contributed by atoms with E-state index >= 15 is 0 Å². The van der Waals surface area contributed by atoms with Crippen LogP contribution in [0.3, 0.4) is 0 Å². The van der Waals surface area contributed by atoms with Gasteiger partial charge in [0.05, 0.1) is 39.6 Å². The number of hydrogen-bond acceptors (Lipinski definition) is 12. The van der Waals surface area contributed by atoms with Crippen LogP contribution >= 0.6 is 7.82 Å². The Bertz CT molecular complexity index is 2230. The molecule has 5 aromatic rings. The summed E-state index contributed by atoms with van der Waals surface area (Å²) in [5, 5.41) is 0. The van der Waals surface area contributed by atoms with Crippen LogP contribution in [0.1, 0.15) is 119 Å². The van der Waals surface area contributed by atoms with E-state index in [1.807, 2.05) is 152 Å². The van der Waals surface area contributed by atoms with Crippen LogP contribution in [0.25, 0.3) is 0 Å². The van der Waals surface area contributed by atoms with Crippen LogP contribution in [-0.4, -0.2) is 72.8 Å². The first-order chi connectivity index (χ1) is 36.2. The number of carbonyl (C=O) groups is 2. The number of rotatable bonds is 35. The lowest BCUT2D eigenvalue weighted by Crippen LogP contribution is -2.67. The third kappa shape index (κ3) is 20.9. The fourth-order valence-corrected chi connectivity index (χ4v) is 9.71. The highest BCUT2D eigenvalue weighted by Crippen LogP contribution is 2.49. The van der Waals surface area contributed by atoms with E-state index in [0.29, 0.717) is 12.8 Å². The molecule has 74 heavy (non-hydrogen) atoms. The third-order valence-electron chi connectivity index (χ3n) is 12.7. The zero-order valence-corrected chi connectivity index (χ0v) is 44.1. The lowest BCUT2D eigenvalue weighted by Gasteiger charge is -2.49. The maximum Gasteiger partial charge on any atom is 0.472 e. The number of unbranched alkanes of at least 4 members (excludes halogenated alkanes) is 8. The Labute approximate surface area is 438 Å². The molecule has 400 valence electrons. The van der Waals surface area contributed by atoms with Crippen LogP contribution < -0.4 is 0 Å². The van der Waals surface area contributed by atoms with Crippen LogP contribution in [0.15, 0.2) is 152 Å². The molecule has 14 heteroatoms. The molecule has 0 radical (unpaired) electrons. The third-order valence-corrected chi connectivity index (χ3v) is 13.7. The molecule has 0 aliphatic heterocycles. The van der Waals surface area contributed by atoms with Crippen molar-refractivity contribution >= 4 is 19.8 Å². The minimum absolute atomic E-state index is 0.0555. The number of benzene rings is 5. The molecule has 8 atom stereocenters. The highest BCUT2D eigenvalue weighted by molar-refractivity contribution is 7.47. The Morgan fingerprint density at radius 3 is 1.08 bits per heavy atom. The van der Waals surface area contributed by atoms with Crippen molar-refractivity contribution in [1.29, 1.82) is 0 Å². The topological polar surface area (TPSA) is 155 Å². The quantitative estimate of drug-likeness (QED) is 0.0233. The number of carbonyl (C=O) groups excluding carboxylic acids is 2. The van der Waals surface area contributed by atoms with E-state index < -0.39 is 69.1 Å². The molecule has 1 saturated carbocycles. The zero-order valence-electron chi connectivity index (χ0n) is 43.2. The summed E-state index contributed by atoms with van der Waals surface area (Å²) in [7, 11) is -5.17. The predicted molar refractivity (Wildman–Crippen MR) is 283 cm³/mol. The molecule has 0 amide bonds. The van der Waals surface area contributed by atoms with Crippen LogP contribution in [0.2, 0.25) is 0 Å². The molecule has 1 aliphatic rings. The second-order valence-corrected chi connectivity index (χ2v) is 20.2. The molecule has 1 fully saturated rings.